The lowest BCUT2D eigenvalue weighted by Crippen LogP contribution is -2.54. The van der Waals surface area contributed by atoms with Crippen molar-refractivity contribution in [2.24, 2.45) is 0 Å². The van der Waals surface area contributed by atoms with Crippen LogP contribution < -0.4 is 28.6 Å². The molecule has 53 heavy (non-hydrogen) atoms. The maximum atomic E-state index is 15.0. The Morgan fingerprint density at radius 2 is 1.43 bits per heavy atom. The smallest absolute Gasteiger partial charge is 0.265 e. The fourth-order valence-corrected chi connectivity index (χ4v) is 8.33. The van der Waals surface area contributed by atoms with Crippen LogP contribution in [0.4, 0.5) is 5.69 Å². The quantitative estimate of drug-likeness (QED) is 0.130. The summed E-state index contributed by atoms with van der Waals surface area (Å²) in [5, 5.41) is 3.73. The van der Waals surface area contributed by atoms with Crippen LogP contribution in [0.1, 0.15) is 36.8 Å². The van der Waals surface area contributed by atoms with Crippen LogP contribution in [0.2, 0.25) is 10.0 Å². The van der Waals surface area contributed by atoms with Gasteiger partial charge in [0.15, 0.2) is 11.5 Å². The van der Waals surface area contributed by atoms with Gasteiger partial charge in [0.1, 0.15) is 24.1 Å². The zero-order chi connectivity index (χ0) is 38.1. The van der Waals surface area contributed by atoms with Crippen molar-refractivity contribution in [3.8, 4) is 23.0 Å². The van der Waals surface area contributed by atoms with Crippen LogP contribution in [0.3, 0.4) is 0 Å². The average molecular weight is 785 g/mol. The van der Waals surface area contributed by atoms with Crippen LogP contribution in [0.25, 0.3) is 0 Å². The summed E-state index contributed by atoms with van der Waals surface area (Å²) in [5.74, 6) is -0.115. The lowest BCUT2D eigenvalue weighted by Gasteiger charge is -2.35. The van der Waals surface area contributed by atoms with Gasteiger partial charge in [-0.25, -0.2) is 8.42 Å². The van der Waals surface area contributed by atoms with Crippen LogP contribution in [-0.2, 0) is 32.6 Å². The number of hydrogen-bond donors (Lipinski definition) is 1. The van der Waals surface area contributed by atoms with E-state index < -0.39 is 28.5 Å². The van der Waals surface area contributed by atoms with Crippen LogP contribution in [0.15, 0.2) is 89.8 Å². The predicted octanol–water partition coefficient (Wildman–Crippen LogP) is 6.92. The van der Waals surface area contributed by atoms with Crippen molar-refractivity contribution < 1.29 is 37.0 Å². The van der Waals surface area contributed by atoms with Gasteiger partial charge in [0.25, 0.3) is 10.0 Å². The molecule has 1 saturated carbocycles. The Bertz CT molecular complexity index is 1990. The number of amides is 2. The van der Waals surface area contributed by atoms with Gasteiger partial charge >= 0.3 is 0 Å². The molecule has 1 aliphatic rings. The van der Waals surface area contributed by atoms with Gasteiger partial charge < -0.3 is 29.2 Å². The number of hydrogen-bond acceptors (Lipinski definition) is 8. The van der Waals surface area contributed by atoms with Crippen LogP contribution >= 0.6 is 23.2 Å². The summed E-state index contributed by atoms with van der Waals surface area (Å²) >= 11 is 13.3. The molecule has 0 heterocycles. The van der Waals surface area contributed by atoms with Crippen molar-refractivity contribution >= 4 is 50.7 Å². The highest BCUT2D eigenvalue weighted by Crippen LogP contribution is 2.38. The maximum Gasteiger partial charge on any atom is 0.265 e. The van der Waals surface area contributed by atoms with Crippen molar-refractivity contribution in [3.05, 3.63) is 106 Å². The number of nitrogens with zero attached hydrogens (tertiary/aromatic N) is 2. The van der Waals surface area contributed by atoms with E-state index in [1.807, 2.05) is 30.3 Å². The first-order valence-corrected chi connectivity index (χ1v) is 19.2. The van der Waals surface area contributed by atoms with E-state index in [1.165, 1.54) is 57.6 Å². The van der Waals surface area contributed by atoms with Gasteiger partial charge in [-0.15, -0.1) is 0 Å². The maximum absolute atomic E-state index is 15.0. The zero-order valence-corrected chi connectivity index (χ0v) is 32.3. The largest absolute Gasteiger partial charge is 0.497 e. The van der Waals surface area contributed by atoms with Crippen LogP contribution in [0.5, 0.6) is 23.0 Å². The summed E-state index contributed by atoms with van der Waals surface area (Å²) in [6.45, 7) is -0.934. The lowest BCUT2D eigenvalue weighted by atomic mass is 10.0. The number of rotatable bonds is 16. The molecule has 4 aromatic rings. The highest BCUT2D eigenvalue weighted by Gasteiger charge is 2.37. The average Bonchev–Trinajstić information content (AvgIpc) is 3.68. The molecule has 2 amide bonds. The fraction of sp³-hybridized carbons (Fsp3) is 0.333. The molecule has 0 unspecified atom stereocenters. The number of anilines is 1. The minimum absolute atomic E-state index is 0.0285. The molecule has 1 N–H and O–H groups in total. The minimum atomic E-state index is -4.55. The molecule has 0 aromatic heterocycles. The second-order valence-electron chi connectivity index (χ2n) is 12.5. The Kier molecular flexibility index (Phi) is 13.4. The molecule has 0 saturated heterocycles. The van der Waals surface area contributed by atoms with Crippen molar-refractivity contribution in [1.82, 2.24) is 10.2 Å². The van der Waals surface area contributed by atoms with E-state index in [2.05, 4.69) is 5.32 Å². The molecule has 1 aliphatic carbocycles. The molecule has 0 spiro atoms. The Hall–Kier alpha value is -4.65. The van der Waals surface area contributed by atoms with Gasteiger partial charge in [0, 0.05) is 46.7 Å². The Morgan fingerprint density at radius 3 is 2.06 bits per heavy atom. The van der Waals surface area contributed by atoms with E-state index >= 15 is 4.79 Å². The number of carbonyl (C=O) groups is 2. The third-order valence-corrected chi connectivity index (χ3v) is 11.7. The van der Waals surface area contributed by atoms with Gasteiger partial charge in [-0.1, -0.05) is 72.4 Å². The van der Waals surface area contributed by atoms with Gasteiger partial charge in [0.2, 0.25) is 11.8 Å². The van der Waals surface area contributed by atoms with E-state index in [4.69, 9.17) is 42.1 Å². The molecule has 1 fully saturated rings. The van der Waals surface area contributed by atoms with Gasteiger partial charge in [-0.05, 0) is 54.8 Å². The molecule has 0 aliphatic heterocycles. The molecular formula is C39H43Cl2N3O8S. The summed E-state index contributed by atoms with van der Waals surface area (Å²) in [4.78, 5) is 30.5. The number of nitrogens with one attached hydrogen (secondary N) is 1. The third-order valence-electron chi connectivity index (χ3n) is 9.24. The van der Waals surface area contributed by atoms with Gasteiger partial charge in [-0.3, -0.25) is 13.9 Å². The molecule has 11 nitrogen and oxygen atoms in total. The van der Waals surface area contributed by atoms with Crippen molar-refractivity contribution in [2.75, 3.05) is 39.3 Å². The van der Waals surface area contributed by atoms with E-state index in [0.717, 1.165) is 35.6 Å². The number of carbonyl (C=O) groups excluding carboxylic acids is 2. The monoisotopic (exact) mass is 783 g/mol. The molecule has 1 atom stereocenters. The Balaban J connectivity index is 1.67. The number of sulfonamides is 1. The van der Waals surface area contributed by atoms with E-state index in [9.17, 15) is 13.2 Å². The second-order valence-corrected chi connectivity index (χ2v) is 15.2. The number of halogens is 2. The van der Waals surface area contributed by atoms with Crippen LogP contribution in [0, 0.1) is 0 Å². The number of methoxy groups -OCH3 is 4. The van der Waals surface area contributed by atoms with Crippen molar-refractivity contribution in [1.29, 1.82) is 0 Å². The minimum Gasteiger partial charge on any atom is -0.497 e. The van der Waals surface area contributed by atoms with E-state index in [-0.39, 0.29) is 57.0 Å². The molecule has 0 bridgehead atoms. The topological polar surface area (TPSA) is 124 Å². The highest BCUT2D eigenvalue weighted by molar-refractivity contribution is 7.92. The molecule has 14 heteroatoms. The van der Waals surface area contributed by atoms with Crippen molar-refractivity contribution in [2.45, 2.75) is 55.6 Å². The van der Waals surface area contributed by atoms with Crippen LogP contribution in [-0.4, -0.2) is 72.2 Å². The Labute approximate surface area is 320 Å². The first-order chi connectivity index (χ1) is 25.5. The lowest BCUT2D eigenvalue weighted by molar-refractivity contribution is -0.140. The van der Waals surface area contributed by atoms with Gasteiger partial charge in [0.05, 0.1) is 39.0 Å². The summed E-state index contributed by atoms with van der Waals surface area (Å²) in [7, 11) is 1.11. The zero-order valence-electron chi connectivity index (χ0n) is 30.0. The molecule has 282 valence electrons. The fourth-order valence-electron chi connectivity index (χ4n) is 6.38. The SMILES string of the molecule is COc1ccc(OC)c(N(CC(=O)N(Cc2c(Cl)cccc2Cl)[C@@H](Cc2ccccc2)C(=O)NC2CCCC2)S(=O)(=O)c2ccc(OC)c(OC)c2)c1. The first kappa shape index (κ1) is 39.6. The predicted molar refractivity (Wildman–Crippen MR) is 205 cm³/mol. The second kappa shape index (κ2) is 17.9. The van der Waals surface area contributed by atoms with Gasteiger partial charge in [-0.2, -0.15) is 0 Å². The standard InChI is InChI=1S/C39H43Cl2N3O8S/c1-49-28-17-19-35(50-2)33(22-28)44(53(47,48)29-18-20-36(51-3)37(23-29)52-4)25-38(45)43(24-30-31(40)15-10-16-32(30)41)34(21-26-11-6-5-7-12-26)39(46)42-27-13-8-9-14-27/h5-7,10-12,15-20,22-23,27,34H,8-9,13-14,21,24-25H2,1-4H3,(H,42,46)/t34-/m0/s1. The summed E-state index contributed by atoms with van der Waals surface area (Å²) < 4.78 is 52.3. The number of ether oxygens (including phenoxy) is 4. The molecule has 4 aromatic carbocycles. The summed E-state index contributed by atoms with van der Waals surface area (Å²) in [5.41, 5.74) is 1.23. The molecule has 0 radical (unpaired) electrons. The summed E-state index contributed by atoms with van der Waals surface area (Å²) in [6.07, 6.45) is 3.75. The van der Waals surface area contributed by atoms with Crippen molar-refractivity contribution in [3.63, 3.8) is 0 Å². The number of benzene rings is 4. The van der Waals surface area contributed by atoms with E-state index in [1.54, 1.807) is 30.3 Å². The summed E-state index contributed by atoms with van der Waals surface area (Å²) in [6, 6.07) is 21.9. The third kappa shape index (κ3) is 9.30. The van der Waals surface area contributed by atoms with E-state index in [0.29, 0.717) is 17.1 Å². The highest BCUT2D eigenvalue weighted by atomic mass is 35.5. The Morgan fingerprint density at radius 1 is 0.792 bits per heavy atom. The molecular weight excluding hydrogens is 741 g/mol. The first-order valence-electron chi connectivity index (χ1n) is 17.0. The molecule has 5 rings (SSSR count). The normalized spacial score (nSPS) is 13.5.